The van der Waals surface area contributed by atoms with Gasteiger partial charge in [-0.05, 0) is 31.9 Å². The summed E-state index contributed by atoms with van der Waals surface area (Å²) in [5.41, 5.74) is -0.0420. The Labute approximate surface area is 88.4 Å². The van der Waals surface area contributed by atoms with Gasteiger partial charge in [-0.3, -0.25) is 4.79 Å². The third-order valence-corrected chi connectivity index (χ3v) is 3.12. The number of aliphatic hydroxyl groups excluding tert-OH is 1. The van der Waals surface area contributed by atoms with E-state index < -0.39 is 11.5 Å². The van der Waals surface area contributed by atoms with Crippen LogP contribution >= 0.6 is 0 Å². The van der Waals surface area contributed by atoms with E-state index in [1.807, 2.05) is 6.08 Å². The fourth-order valence-corrected chi connectivity index (χ4v) is 1.96. The molecular weight excluding hydrogens is 192 g/mol. The van der Waals surface area contributed by atoms with Crippen LogP contribution in [0, 0.1) is 5.41 Å². The zero-order chi connectivity index (χ0) is 10.9. The van der Waals surface area contributed by atoms with Crippen LogP contribution in [0.2, 0.25) is 0 Å². The Hall–Kier alpha value is -1.35. The van der Waals surface area contributed by atoms with Crippen molar-refractivity contribution in [2.75, 3.05) is 0 Å². The van der Waals surface area contributed by atoms with Crippen LogP contribution in [0.4, 0.5) is 0 Å². The summed E-state index contributed by atoms with van der Waals surface area (Å²) in [4.78, 5) is 11.8. The third kappa shape index (κ3) is 1.63. The van der Waals surface area contributed by atoms with Crippen LogP contribution in [0.15, 0.2) is 35.2 Å². The molecule has 1 aromatic heterocycles. The van der Waals surface area contributed by atoms with Crippen molar-refractivity contribution < 1.29 is 14.3 Å². The molecule has 1 aromatic rings. The smallest absolute Gasteiger partial charge is 0.164 e. The van der Waals surface area contributed by atoms with Crippen LogP contribution in [0.5, 0.6) is 0 Å². The molecule has 0 unspecified atom stereocenters. The molecule has 0 bridgehead atoms. The van der Waals surface area contributed by atoms with E-state index in [1.165, 1.54) is 12.5 Å². The minimum Gasteiger partial charge on any atom is -0.472 e. The number of furan rings is 1. The molecule has 0 aliphatic heterocycles. The summed E-state index contributed by atoms with van der Waals surface area (Å²) in [6.45, 7) is 1.80. The van der Waals surface area contributed by atoms with Crippen LogP contribution in [-0.4, -0.2) is 10.9 Å². The van der Waals surface area contributed by atoms with E-state index in [4.69, 9.17) is 4.42 Å². The molecule has 80 valence electrons. The van der Waals surface area contributed by atoms with Gasteiger partial charge in [0.1, 0.15) is 0 Å². The highest BCUT2D eigenvalue weighted by atomic mass is 16.3. The van der Waals surface area contributed by atoms with Gasteiger partial charge in [0.15, 0.2) is 5.78 Å². The Balaban J connectivity index is 2.29. The topological polar surface area (TPSA) is 50.4 Å². The Kier molecular flexibility index (Phi) is 2.49. The predicted molar refractivity (Wildman–Crippen MR) is 55.2 cm³/mol. The number of rotatable bonds is 2. The molecule has 1 aliphatic carbocycles. The minimum absolute atomic E-state index is 0.0116. The maximum Gasteiger partial charge on any atom is 0.164 e. The molecule has 0 fully saturated rings. The average Bonchev–Trinajstić information content (AvgIpc) is 2.74. The minimum atomic E-state index is -0.784. The molecule has 0 amide bonds. The van der Waals surface area contributed by atoms with Gasteiger partial charge in [-0.25, -0.2) is 0 Å². The van der Waals surface area contributed by atoms with Gasteiger partial charge in [0.05, 0.1) is 24.0 Å². The normalized spacial score (nSPS) is 28.0. The van der Waals surface area contributed by atoms with Crippen molar-refractivity contribution in [3.8, 4) is 0 Å². The van der Waals surface area contributed by atoms with Gasteiger partial charge in [0.25, 0.3) is 0 Å². The van der Waals surface area contributed by atoms with Crippen molar-refractivity contribution in [1.82, 2.24) is 0 Å². The first-order valence-electron chi connectivity index (χ1n) is 5.06. The number of carbonyl (C=O) groups is 1. The summed E-state index contributed by atoms with van der Waals surface area (Å²) in [6.07, 6.45) is 7.13. The first-order valence-corrected chi connectivity index (χ1v) is 5.06. The quantitative estimate of drug-likeness (QED) is 0.807. The highest BCUT2D eigenvalue weighted by molar-refractivity contribution is 5.95. The van der Waals surface area contributed by atoms with E-state index in [9.17, 15) is 9.90 Å². The molecule has 2 rings (SSSR count). The summed E-state index contributed by atoms with van der Waals surface area (Å²) in [7, 11) is 0. The van der Waals surface area contributed by atoms with Crippen molar-refractivity contribution in [1.29, 1.82) is 0 Å². The van der Waals surface area contributed by atoms with E-state index in [2.05, 4.69) is 0 Å². The van der Waals surface area contributed by atoms with E-state index in [0.29, 0.717) is 12.0 Å². The lowest BCUT2D eigenvalue weighted by Gasteiger charge is -2.33. The molecule has 3 heteroatoms. The van der Waals surface area contributed by atoms with E-state index >= 15 is 0 Å². The second-order valence-corrected chi connectivity index (χ2v) is 4.18. The number of ketones is 1. The molecule has 15 heavy (non-hydrogen) atoms. The highest BCUT2D eigenvalue weighted by Crippen LogP contribution is 2.41. The van der Waals surface area contributed by atoms with Crippen LogP contribution in [0.3, 0.4) is 0 Å². The summed E-state index contributed by atoms with van der Waals surface area (Å²) in [5, 5.41) is 10.1. The maximum atomic E-state index is 11.8. The van der Waals surface area contributed by atoms with Gasteiger partial charge in [-0.15, -0.1) is 0 Å². The lowest BCUT2D eigenvalue weighted by atomic mass is 9.72. The lowest BCUT2D eigenvalue weighted by molar-refractivity contribution is -0.130. The first-order chi connectivity index (χ1) is 7.14. The summed E-state index contributed by atoms with van der Waals surface area (Å²) in [5.74, 6) is -0.0116. The number of allylic oxidation sites excluding steroid dienone is 2. The standard InChI is InChI=1S/C12H14O3/c1-12(6-3-2-4-10(12)13)11(14)9-5-7-15-8-9/h2,4-5,7-8,11,14H,3,6H2,1H3/t11-,12+/m0/s1. The molecule has 0 aromatic carbocycles. The van der Waals surface area contributed by atoms with Crippen molar-refractivity contribution in [2.24, 2.45) is 5.41 Å². The SMILES string of the molecule is C[C@@]1([C@@H](O)c2ccoc2)CCC=CC1=O. The van der Waals surface area contributed by atoms with Gasteiger partial charge < -0.3 is 9.52 Å². The number of hydrogen-bond donors (Lipinski definition) is 1. The summed E-state index contributed by atoms with van der Waals surface area (Å²) >= 11 is 0. The maximum absolute atomic E-state index is 11.8. The van der Waals surface area contributed by atoms with E-state index in [1.54, 1.807) is 19.1 Å². The molecule has 3 nitrogen and oxygen atoms in total. The molecule has 2 atom stereocenters. The average molecular weight is 206 g/mol. The van der Waals surface area contributed by atoms with Crippen molar-refractivity contribution in [3.63, 3.8) is 0 Å². The molecular formula is C12H14O3. The van der Waals surface area contributed by atoms with Gasteiger partial charge in [0, 0.05) is 5.56 Å². The second kappa shape index (κ2) is 3.66. The molecule has 1 N–H and O–H groups in total. The third-order valence-electron chi connectivity index (χ3n) is 3.12. The number of aliphatic hydroxyl groups is 1. The number of hydrogen-bond acceptors (Lipinski definition) is 3. The zero-order valence-electron chi connectivity index (χ0n) is 8.64. The van der Waals surface area contributed by atoms with Crippen molar-refractivity contribution in [2.45, 2.75) is 25.9 Å². The first kappa shape index (κ1) is 10.2. The highest BCUT2D eigenvalue weighted by Gasteiger charge is 2.40. The molecule has 0 spiro atoms. The molecule has 1 aliphatic rings. The monoisotopic (exact) mass is 206 g/mol. The van der Waals surface area contributed by atoms with E-state index in [-0.39, 0.29) is 5.78 Å². The molecule has 0 saturated heterocycles. The Morgan fingerprint density at radius 1 is 1.60 bits per heavy atom. The van der Waals surface area contributed by atoms with Crippen molar-refractivity contribution in [3.05, 3.63) is 36.3 Å². The summed E-state index contributed by atoms with van der Waals surface area (Å²) in [6, 6.07) is 1.70. The second-order valence-electron chi connectivity index (χ2n) is 4.18. The molecule has 0 saturated carbocycles. The Morgan fingerprint density at radius 2 is 2.40 bits per heavy atom. The van der Waals surface area contributed by atoms with Gasteiger partial charge in [-0.2, -0.15) is 0 Å². The Morgan fingerprint density at radius 3 is 3.00 bits per heavy atom. The van der Waals surface area contributed by atoms with Crippen LogP contribution in [-0.2, 0) is 4.79 Å². The zero-order valence-corrected chi connectivity index (χ0v) is 8.64. The van der Waals surface area contributed by atoms with Gasteiger partial charge >= 0.3 is 0 Å². The van der Waals surface area contributed by atoms with Crippen LogP contribution in [0.25, 0.3) is 0 Å². The van der Waals surface area contributed by atoms with Gasteiger partial charge in [0.2, 0.25) is 0 Å². The predicted octanol–water partition coefficient (Wildman–Crippen LogP) is 2.24. The van der Waals surface area contributed by atoms with E-state index in [0.717, 1.165) is 6.42 Å². The van der Waals surface area contributed by atoms with Crippen LogP contribution in [0.1, 0.15) is 31.4 Å². The lowest BCUT2D eigenvalue weighted by Crippen LogP contribution is -2.35. The fourth-order valence-electron chi connectivity index (χ4n) is 1.96. The largest absolute Gasteiger partial charge is 0.472 e. The number of carbonyl (C=O) groups excluding carboxylic acids is 1. The summed E-state index contributed by atoms with van der Waals surface area (Å²) < 4.78 is 4.92. The molecule has 1 heterocycles. The molecule has 0 radical (unpaired) electrons. The van der Waals surface area contributed by atoms with Gasteiger partial charge in [-0.1, -0.05) is 6.08 Å². The van der Waals surface area contributed by atoms with Crippen LogP contribution < -0.4 is 0 Å². The fraction of sp³-hybridized carbons (Fsp3) is 0.417. The van der Waals surface area contributed by atoms with Crippen molar-refractivity contribution >= 4 is 5.78 Å². The Bertz CT molecular complexity index is 378.